The molecule has 0 amide bonds. The number of nitrogens with zero attached hydrogens (tertiary/aromatic N) is 1. The van der Waals surface area contributed by atoms with Crippen LogP contribution in [0.5, 0.6) is 0 Å². The molecule has 2 rings (SSSR count). The van der Waals surface area contributed by atoms with Gasteiger partial charge in [-0.3, -0.25) is 0 Å². The van der Waals surface area contributed by atoms with E-state index in [9.17, 15) is 0 Å². The van der Waals surface area contributed by atoms with Crippen molar-refractivity contribution in [2.24, 2.45) is 0 Å². The molecule has 1 heterocycles. The van der Waals surface area contributed by atoms with Gasteiger partial charge >= 0.3 is 20.4 Å². The van der Waals surface area contributed by atoms with Crippen LogP contribution in [0.4, 0.5) is 0 Å². The van der Waals surface area contributed by atoms with Crippen molar-refractivity contribution in [2.75, 3.05) is 0 Å². The topological polar surface area (TPSA) is 26.0 Å². The third-order valence-corrected chi connectivity index (χ3v) is 0.916. The van der Waals surface area contributed by atoms with Crippen LogP contribution in [0.25, 0.3) is 0 Å². The molecule has 0 spiro atoms. The molecule has 0 radical (unpaired) electrons. The largest absolute Gasteiger partial charge is 2.00 e. The van der Waals surface area contributed by atoms with Crippen molar-refractivity contribution in [3.05, 3.63) is 55.3 Å². The van der Waals surface area contributed by atoms with E-state index >= 15 is 0 Å². The first-order valence-corrected chi connectivity index (χ1v) is 3.17. The summed E-state index contributed by atoms with van der Waals surface area (Å²) in [6.07, 6.45) is 5.22. The van der Waals surface area contributed by atoms with Crippen molar-refractivity contribution < 1.29 is 24.8 Å². The Hall–Kier alpha value is -0.908. The van der Waals surface area contributed by atoms with Gasteiger partial charge in [-0.15, -0.1) is 0 Å². The molecular formula is C9H7NOPd. The van der Waals surface area contributed by atoms with Crippen LogP contribution in [0.15, 0.2) is 47.2 Å². The molecule has 0 aliphatic rings. The fraction of sp³-hybridized carbons (Fsp3) is 0. The average Bonchev–Trinajstić information content (AvgIpc) is 2.64. The fourth-order valence-corrected chi connectivity index (χ4v) is 0.494. The predicted octanol–water partition coefficient (Wildman–Crippen LogP) is 1.96. The molecule has 64 valence electrons. The first-order chi connectivity index (χ1) is 5.50. The van der Waals surface area contributed by atoms with Crippen molar-refractivity contribution in [1.29, 1.82) is 0 Å². The Morgan fingerprint density at radius 3 is 2.00 bits per heavy atom. The second-order valence-electron chi connectivity index (χ2n) is 1.70. The molecule has 1 aromatic heterocycles. The van der Waals surface area contributed by atoms with Crippen LogP contribution in [-0.2, 0) is 20.4 Å². The number of aromatic nitrogens is 1. The van der Waals surface area contributed by atoms with Gasteiger partial charge in [0.1, 0.15) is 6.39 Å². The number of hydrogen-bond acceptors (Lipinski definition) is 2. The van der Waals surface area contributed by atoms with Crippen LogP contribution in [0.2, 0.25) is 0 Å². The molecule has 0 aliphatic carbocycles. The summed E-state index contributed by atoms with van der Waals surface area (Å²) in [7, 11) is 0. The van der Waals surface area contributed by atoms with E-state index < -0.39 is 0 Å². The zero-order chi connectivity index (χ0) is 7.78. The van der Waals surface area contributed by atoms with Gasteiger partial charge in [0.2, 0.25) is 0 Å². The van der Waals surface area contributed by atoms with Crippen LogP contribution >= 0.6 is 0 Å². The van der Waals surface area contributed by atoms with Crippen molar-refractivity contribution in [3.8, 4) is 0 Å². The normalized spacial score (nSPS) is 7.33. The van der Waals surface area contributed by atoms with Gasteiger partial charge < -0.3 is 9.40 Å². The summed E-state index contributed by atoms with van der Waals surface area (Å²) in [5, 5.41) is 0. The van der Waals surface area contributed by atoms with E-state index in [0.717, 1.165) is 0 Å². The molecule has 0 N–H and O–H groups in total. The minimum atomic E-state index is 0. The van der Waals surface area contributed by atoms with Crippen molar-refractivity contribution in [1.82, 2.24) is 4.98 Å². The molecule has 0 bridgehead atoms. The van der Waals surface area contributed by atoms with E-state index in [1.165, 1.54) is 12.5 Å². The Morgan fingerprint density at radius 2 is 1.83 bits per heavy atom. The van der Waals surface area contributed by atoms with E-state index in [1.807, 2.05) is 30.3 Å². The Bertz CT molecular complexity index is 200. The number of benzene rings is 1. The molecule has 0 saturated heterocycles. The number of oxazole rings is 1. The minimum Gasteiger partial charge on any atom is -0.581 e. The molecule has 0 aliphatic heterocycles. The maximum atomic E-state index is 4.35. The quantitative estimate of drug-likeness (QED) is 0.528. The van der Waals surface area contributed by atoms with Crippen LogP contribution < -0.4 is 0 Å². The summed E-state index contributed by atoms with van der Waals surface area (Å²) in [6, 6.07) is 12.5. The summed E-state index contributed by atoms with van der Waals surface area (Å²) < 4.78 is 4.35. The summed E-state index contributed by atoms with van der Waals surface area (Å²) >= 11 is 0. The van der Waals surface area contributed by atoms with Crippen LogP contribution in [-0.4, -0.2) is 4.98 Å². The third kappa shape index (κ3) is 5.85. The third-order valence-electron chi connectivity index (χ3n) is 0.916. The van der Waals surface area contributed by atoms with Crippen LogP contribution in [0.1, 0.15) is 0 Å². The molecule has 3 heteroatoms. The molecule has 2 aromatic rings. The van der Waals surface area contributed by atoms with E-state index in [0.29, 0.717) is 0 Å². The van der Waals surface area contributed by atoms with Gasteiger partial charge in [0.25, 0.3) is 0 Å². The van der Waals surface area contributed by atoms with Crippen LogP contribution in [0, 0.1) is 12.5 Å². The Balaban J connectivity index is 0.000000189. The summed E-state index contributed by atoms with van der Waals surface area (Å²) in [5.41, 5.74) is 0. The standard InChI is InChI=1S/C6H5.C3H2NO.Pd/c1-2-4-6-5-3-1;1-2-5-3-4-1;/h1-5H;1-2H;/q2*-1;+2. The molecule has 2 nitrogen and oxygen atoms in total. The molecule has 0 unspecified atom stereocenters. The Morgan fingerprint density at radius 1 is 1.08 bits per heavy atom. The SMILES string of the molecule is [Pd+2].[c-]1ccccc1.[c-]1ncco1. The van der Waals surface area contributed by atoms with Crippen LogP contribution in [0.3, 0.4) is 0 Å². The summed E-state index contributed by atoms with van der Waals surface area (Å²) in [4.78, 5) is 3.43. The van der Waals surface area contributed by atoms with Gasteiger partial charge in [-0.05, 0) is 6.26 Å². The van der Waals surface area contributed by atoms with Crippen molar-refractivity contribution in [3.63, 3.8) is 0 Å². The summed E-state index contributed by atoms with van der Waals surface area (Å²) in [6.45, 7) is 0. The number of hydrogen-bond donors (Lipinski definition) is 0. The van der Waals surface area contributed by atoms with Crippen molar-refractivity contribution in [2.45, 2.75) is 0 Å². The van der Waals surface area contributed by atoms with Gasteiger partial charge in [0.15, 0.2) is 0 Å². The predicted molar refractivity (Wildman–Crippen MR) is 40.6 cm³/mol. The Kier molecular flexibility index (Phi) is 7.57. The smallest absolute Gasteiger partial charge is 0.581 e. The number of rotatable bonds is 0. The second-order valence-corrected chi connectivity index (χ2v) is 1.70. The fourth-order valence-electron chi connectivity index (χ4n) is 0.494. The zero-order valence-electron chi connectivity index (χ0n) is 6.21. The molecule has 0 saturated carbocycles. The van der Waals surface area contributed by atoms with Crippen molar-refractivity contribution >= 4 is 0 Å². The molecule has 0 fully saturated rings. The molecule has 0 atom stereocenters. The zero-order valence-corrected chi connectivity index (χ0v) is 7.77. The first-order valence-electron chi connectivity index (χ1n) is 3.17. The van der Waals surface area contributed by atoms with Gasteiger partial charge in [-0.25, -0.2) is 0 Å². The summed E-state index contributed by atoms with van der Waals surface area (Å²) in [5.74, 6) is 0. The maximum Gasteiger partial charge on any atom is 2.00 e. The van der Waals surface area contributed by atoms with Gasteiger partial charge in [-0.2, -0.15) is 36.4 Å². The van der Waals surface area contributed by atoms with E-state index in [1.54, 1.807) is 0 Å². The van der Waals surface area contributed by atoms with E-state index in [-0.39, 0.29) is 20.4 Å². The first kappa shape index (κ1) is 11.1. The molecule has 12 heavy (non-hydrogen) atoms. The molecular weight excluding hydrogens is 245 g/mol. The van der Waals surface area contributed by atoms with Gasteiger partial charge in [-0.1, -0.05) is 6.20 Å². The molecule has 1 aromatic carbocycles. The van der Waals surface area contributed by atoms with Gasteiger partial charge in [0.05, 0.1) is 0 Å². The van der Waals surface area contributed by atoms with E-state index in [2.05, 4.69) is 21.9 Å². The average molecular weight is 252 g/mol. The monoisotopic (exact) mass is 251 g/mol. The second kappa shape index (κ2) is 8.19. The Labute approximate surface area is 85.3 Å². The van der Waals surface area contributed by atoms with E-state index in [4.69, 9.17) is 0 Å². The maximum absolute atomic E-state index is 4.35. The minimum absolute atomic E-state index is 0. The van der Waals surface area contributed by atoms with Gasteiger partial charge in [0, 0.05) is 0 Å².